The van der Waals surface area contributed by atoms with Gasteiger partial charge in [0.15, 0.2) is 0 Å². The maximum atomic E-state index is 12.0. The van der Waals surface area contributed by atoms with E-state index in [0.29, 0.717) is 14.5 Å². The lowest BCUT2D eigenvalue weighted by molar-refractivity contribution is -0.0504. The number of nitriles is 1. The number of hydrogen-bond donors (Lipinski definition) is 0. The quantitative estimate of drug-likeness (QED) is 0.836. The summed E-state index contributed by atoms with van der Waals surface area (Å²) in [4.78, 5) is 0. The van der Waals surface area contributed by atoms with Crippen molar-refractivity contribution < 1.29 is 13.5 Å². The first-order valence-corrected chi connectivity index (χ1v) is 5.43. The van der Waals surface area contributed by atoms with Crippen LogP contribution in [0.3, 0.4) is 0 Å². The van der Waals surface area contributed by atoms with Crippen LogP contribution in [0.25, 0.3) is 0 Å². The van der Waals surface area contributed by atoms with Crippen LogP contribution in [0.1, 0.15) is 5.56 Å². The Morgan fingerprint density at radius 2 is 1.93 bits per heavy atom. The van der Waals surface area contributed by atoms with E-state index in [1.165, 1.54) is 6.07 Å². The summed E-state index contributed by atoms with van der Waals surface area (Å²) in [6, 6.07) is 4.86. The van der Waals surface area contributed by atoms with E-state index in [1.54, 1.807) is 6.07 Å². The molecule has 1 aromatic carbocycles. The summed E-state index contributed by atoms with van der Waals surface area (Å²) in [7, 11) is 0. The monoisotopic (exact) mass is 339 g/mol. The molecule has 0 heterocycles. The summed E-state index contributed by atoms with van der Waals surface area (Å²) in [5.41, 5.74) is 0.424. The van der Waals surface area contributed by atoms with Crippen LogP contribution in [0.15, 0.2) is 21.1 Å². The predicted octanol–water partition coefficient (Wildman–Crippen LogP) is 3.88. The van der Waals surface area contributed by atoms with Crippen molar-refractivity contribution in [1.82, 2.24) is 0 Å². The number of rotatable bonds is 3. The number of ether oxygens (including phenoxy) is 1. The highest BCUT2D eigenvalue weighted by Crippen LogP contribution is 2.32. The van der Waals surface area contributed by atoms with Crippen molar-refractivity contribution in [2.45, 2.75) is 13.0 Å². The van der Waals surface area contributed by atoms with E-state index in [1.807, 2.05) is 6.07 Å². The van der Waals surface area contributed by atoms with Crippen molar-refractivity contribution in [2.24, 2.45) is 0 Å². The molecule has 0 aliphatic carbocycles. The van der Waals surface area contributed by atoms with Gasteiger partial charge in [-0.25, -0.2) is 0 Å². The highest BCUT2D eigenvalue weighted by molar-refractivity contribution is 9.13. The molecule has 0 atom stereocenters. The minimum Gasteiger partial charge on any atom is -0.434 e. The number of alkyl halides is 2. The second kappa shape index (κ2) is 5.42. The molecule has 0 N–H and O–H groups in total. The molecule has 0 unspecified atom stereocenters. The normalized spacial score (nSPS) is 10.1. The zero-order chi connectivity index (χ0) is 11.4. The van der Waals surface area contributed by atoms with Gasteiger partial charge < -0.3 is 4.74 Å². The van der Waals surface area contributed by atoms with Gasteiger partial charge in [0.1, 0.15) is 5.75 Å². The second-order valence-corrected chi connectivity index (χ2v) is 4.30. The molecular weight excluding hydrogens is 336 g/mol. The van der Waals surface area contributed by atoms with E-state index >= 15 is 0 Å². The molecular formula is C9H5Br2F2NO. The standard InChI is InChI=1S/C9H5Br2F2NO/c10-6-3-5(1-2-14)8(4-7(6)11)15-9(12)13/h3-4,9H,1H2. The Kier molecular flexibility index (Phi) is 4.48. The predicted molar refractivity (Wildman–Crippen MR) is 57.8 cm³/mol. The van der Waals surface area contributed by atoms with Crippen molar-refractivity contribution in [1.29, 1.82) is 5.26 Å². The SMILES string of the molecule is N#CCc1cc(Br)c(Br)cc1OC(F)F. The maximum absolute atomic E-state index is 12.0. The number of hydrogen-bond acceptors (Lipinski definition) is 2. The van der Waals surface area contributed by atoms with E-state index in [0.717, 1.165) is 0 Å². The van der Waals surface area contributed by atoms with Crippen molar-refractivity contribution in [3.05, 3.63) is 26.6 Å². The molecule has 0 saturated heterocycles. The molecule has 15 heavy (non-hydrogen) atoms. The largest absolute Gasteiger partial charge is 0.434 e. The van der Waals surface area contributed by atoms with Gasteiger partial charge in [-0.2, -0.15) is 14.0 Å². The molecule has 0 aliphatic heterocycles. The van der Waals surface area contributed by atoms with Crippen molar-refractivity contribution >= 4 is 31.9 Å². The van der Waals surface area contributed by atoms with Crippen LogP contribution in [0.5, 0.6) is 5.75 Å². The highest BCUT2D eigenvalue weighted by atomic mass is 79.9. The third-order valence-corrected chi connectivity index (χ3v) is 3.43. The fourth-order valence-corrected chi connectivity index (χ4v) is 1.71. The minimum absolute atomic E-state index is 0.0154. The van der Waals surface area contributed by atoms with E-state index < -0.39 is 6.61 Å². The zero-order valence-corrected chi connectivity index (χ0v) is 10.5. The van der Waals surface area contributed by atoms with Gasteiger partial charge in [0.25, 0.3) is 0 Å². The van der Waals surface area contributed by atoms with E-state index in [-0.39, 0.29) is 12.2 Å². The topological polar surface area (TPSA) is 33.0 Å². The van der Waals surface area contributed by atoms with E-state index in [9.17, 15) is 8.78 Å². The first-order valence-electron chi connectivity index (χ1n) is 3.84. The molecule has 0 spiro atoms. The average molecular weight is 341 g/mol. The Bertz CT molecular complexity index is 404. The van der Waals surface area contributed by atoms with Gasteiger partial charge in [-0.05, 0) is 44.0 Å². The summed E-state index contributed by atoms with van der Waals surface area (Å²) in [6.45, 7) is -2.89. The third kappa shape index (κ3) is 3.43. The highest BCUT2D eigenvalue weighted by Gasteiger charge is 2.12. The molecule has 2 nitrogen and oxygen atoms in total. The lowest BCUT2D eigenvalue weighted by Crippen LogP contribution is -2.04. The Labute approximate surface area is 102 Å². The first-order chi connectivity index (χ1) is 7.04. The lowest BCUT2D eigenvalue weighted by Gasteiger charge is -2.10. The summed E-state index contributed by atoms with van der Waals surface area (Å²) in [5.74, 6) is 0.0154. The van der Waals surface area contributed by atoms with Crippen LogP contribution >= 0.6 is 31.9 Å². The van der Waals surface area contributed by atoms with Crippen molar-refractivity contribution in [3.63, 3.8) is 0 Å². The second-order valence-electron chi connectivity index (χ2n) is 2.59. The van der Waals surface area contributed by atoms with Gasteiger partial charge in [0, 0.05) is 14.5 Å². The smallest absolute Gasteiger partial charge is 0.387 e. The number of nitrogens with zero attached hydrogens (tertiary/aromatic N) is 1. The fraction of sp³-hybridized carbons (Fsp3) is 0.222. The minimum atomic E-state index is -2.89. The van der Waals surface area contributed by atoms with Crippen LogP contribution in [-0.4, -0.2) is 6.61 Å². The lowest BCUT2D eigenvalue weighted by atomic mass is 10.1. The molecule has 0 saturated carbocycles. The molecule has 0 aliphatic rings. The Balaban J connectivity index is 3.11. The van der Waals surface area contributed by atoms with Gasteiger partial charge in [0.2, 0.25) is 0 Å². The molecule has 0 radical (unpaired) electrons. The molecule has 0 amide bonds. The van der Waals surface area contributed by atoms with Crippen LogP contribution in [-0.2, 0) is 6.42 Å². The van der Waals surface area contributed by atoms with Gasteiger partial charge in [-0.1, -0.05) is 0 Å². The third-order valence-electron chi connectivity index (χ3n) is 1.59. The van der Waals surface area contributed by atoms with Crippen molar-refractivity contribution in [3.8, 4) is 11.8 Å². The molecule has 6 heteroatoms. The van der Waals surface area contributed by atoms with Gasteiger partial charge in [-0.15, -0.1) is 0 Å². The van der Waals surface area contributed by atoms with Crippen LogP contribution in [0.2, 0.25) is 0 Å². The van der Waals surface area contributed by atoms with Crippen LogP contribution in [0.4, 0.5) is 8.78 Å². The summed E-state index contributed by atoms with van der Waals surface area (Å²) in [5, 5.41) is 8.52. The first kappa shape index (κ1) is 12.4. The molecule has 0 fully saturated rings. The number of benzene rings is 1. The summed E-state index contributed by atoms with van der Waals surface area (Å²) in [6.07, 6.45) is 0.0218. The molecule has 1 aromatic rings. The van der Waals surface area contributed by atoms with Crippen LogP contribution < -0.4 is 4.74 Å². The Morgan fingerprint density at radius 1 is 1.33 bits per heavy atom. The van der Waals surface area contributed by atoms with Gasteiger partial charge in [-0.3, -0.25) is 0 Å². The fourth-order valence-electron chi connectivity index (χ4n) is 0.999. The molecule has 0 aromatic heterocycles. The van der Waals surface area contributed by atoms with Crippen molar-refractivity contribution in [2.75, 3.05) is 0 Å². The average Bonchev–Trinajstić information content (AvgIpc) is 2.13. The zero-order valence-electron chi connectivity index (χ0n) is 7.31. The Hall–Kier alpha value is -0.670. The molecule has 0 bridgehead atoms. The maximum Gasteiger partial charge on any atom is 0.387 e. The molecule has 1 rings (SSSR count). The van der Waals surface area contributed by atoms with Gasteiger partial charge in [0.05, 0.1) is 12.5 Å². The number of halogens is 4. The summed E-state index contributed by atoms with van der Waals surface area (Å²) >= 11 is 6.38. The van der Waals surface area contributed by atoms with E-state index in [4.69, 9.17) is 5.26 Å². The summed E-state index contributed by atoms with van der Waals surface area (Å²) < 4.78 is 29.7. The van der Waals surface area contributed by atoms with Crippen LogP contribution in [0, 0.1) is 11.3 Å². The van der Waals surface area contributed by atoms with E-state index in [2.05, 4.69) is 36.6 Å². The van der Waals surface area contributed by atoms with Gasteiger partial charge >= 0.3 is 6.61 Å². The Morgan fingerprint density at radius 3 is 2.47 bits per heavy atom. The molecule has 80 valence electrons.